The molecular formula is C29H47ClO2. The molecule has 2 nitrogen and oxygen atoms in total. The number of ketones is 1. The van der Waals surface area contributed by atoms with Crippen LogP contribution in [0.2, 0.25) is 0 Å². The van der Waals surface area contributed by atoms with Gasteiger partial charge < -0.3 is 5.11 Å². The molecule has 0 bridgehead atoms. The number of rotatable bonds is 9. The number of hydrogen-bond donors (Lipinski definition) is 1. The van der Waals surface area contributed by atoms with Crippen LogP contribution in [0, 0.1) is 34.5 Å². The average molecular weight is 463 g/mol. The van der Waals surface area contributed by atoms with Gasteiger partial charge in [0.15, 0.2) is 5.78 Å². The fraction of sp³-hybridized carbons (Fsp3) is 0.897. The molecule has 3 heteroatoms. The zero-order valence-electron chi connectivity index (χ0n) is 20.9. The molecule has 4 unspecified atom stereocenters. The minimum Gasteiger partial charge on any atom is -0.390 e. The highest BCUT2D eigenvalue weighted by Crippen LogP contribution is 2.69. The Labute approximate surface area is 202 Å². The summed E-state index contributed by atoms with van der Waals surface area (Å²) < 4.78 is 0. The number of alkyl halides is 1. The van der Waals surface area contributed by atoms with Gasteiger partial charge in [-0.3, -0.25) is 4.79 Å². The number of fused-ring (bicyclic) bond motifs is 5. The molecule has 0 heterocycles. The monoisotopic (exact) mass is 462 g/mol. The maximum atomic E-state index is 12.3. The SMILES string of the molecule is C[C@]12CCC(=O)C=C1CC(CCCCCCCCCCl)C1C2CC[C@@]2(C)C1CC[C@]2(C)O. The number of hydrogen-bond acceptors (Lipinski definition) is 2. The summed E-state index contributed by atoms with van der Waals surface area (Å²) in [6, 6.07) is 0. The summed E-state index contributed by atoms with van der Waals surface area (Å²) in [5.41, 5.74) is 1.24. The van der Waals surface area contributed by atoms with Crippen molar-refractivity contribution in [2.75, 3.05) is 5.88 Å². The van der Waals surface area contributed by atoms with Crippen molar-refractivity contribution in [3.8, 4) is 0 Å². The second kappa shape index (κ2) is 9.73. The minimum atomic E-state index is -0.518. The number of aliphatic hydroxyl groups is 1. The number of halogens is 1. The summed E-state index contributed by atoms with van der Waals surface area (Å²) in [7, 11) is 0. The minimum absolute atomic E-state index is 0.0664. The van der Waals surface area contributed by atoms with Crippen molar-refractivity contribution in [2.24, 2.45) is 34.5 Å². The van der Waals surface area contributed by atoms with Crippen LogP contribution in [0.15, 0.2) is 11.6 Å². The first-order valence-corrected chi connectivity index (χ1v) is 14.3. The summed E-state index contributed by atoms with van der Waals surface area (Å²) in [6.45, 7) is 6.99. The van der Waals surface area contributed by atoms with Gasteiger partial charge in [-0.2, -0.15) is 0 Å². The van der Waals surface area contributed by atoms with Gasteiger partial charge in [0.2, 0.25) is 0 Å². The molecule has 4 aliphatic carbocycles. The van der Waals surface area contributed by atoms with Crippen molar-refractivity contribution in [2.45, 2.75) is 123 Å². The Hall–Kier alpha value is -0.340. The molecule has 0 radical (unpaired) electrons. The summed E-state index contributed by atoms with van der Waals surface area (Å²) >= 11 is 5.80. The maximum absolute atomic E-state index is 12.3. The third kappa shape index (κ3) is 4.37. The zero-order chi connectivity index (χ0) is 23.0. The summed E-state index contributed by atoms with van der Waals surface area (Å²) in [6.07, 6.45) is 19.9. The van der Waals surface area contributed by atoms with Crippen LogP contribution in [0.3, 0.4) is 0 Å². The van der Waals surface area contributed by atoms with Crippen molar-refractivity contribution in [1.82, 2.24) is 0 Å². The van der Waals surface area contributed by atoms with Gasteiger partial charge in [0.05, 0.1) is 5.60 Å². The average Bonchev–Trinajstić information content (AvgIpc) is 3.00. The Morgan fingerprint density at radius 3 is 2.31 bits per heavy atom. The van der Waals surface area contributed by atoms with E-state index in [1.165, 1.54) is 63.4 Å². The fourth-order valence-electron chi connectivity index (χ4n) is 8.63. The molecule has 0 saturated heterocycles. The number of allylic oxidation sites excluding steroid dienone is 1. The molecule has 182 valence electrons. The first kappa shape index (κ1) is 24.8. The Balaban J connectivity index is 1.48. The quantitative estimate of drug-likeness (QED) is 0.279. The molecule has 0 spiro atoms. The third-order valence-electron chi connectivity index (χ3n) is 10.9. The van der Waals surface area contributed by atoms with E-state index in [4.69, 9.17) is 11.6 Å². The smallest absolute Gasteiger partial charge is 0.155 e. The highest BCUT2D eigenvalue weighted by Gasteiger charge is 2.64. The topological polar surface area (TPSA) is 37.3 Å². The molecule has 3 saturated carbocycles. The van der Waals surface area contributed by atoms with Crippen molar-refractivity contribution in [3.05, 3.63) is 11.6 Å². The Bertz CT molecular complexity index is 712. The Morgan fingerprint density at radius 1 is 0.938 bits per heavy atom. The standard InChI is InChI=1S/C29H47ClO2/c1-27-15-12-23(31)20-22(27)19-21(11-9-7-5-4-6-8-10-18-30)26-24(27)13-16-28(2)25(26)14-17-29(28,3)32/h20-21,24-26,32H,4-19H2,1-3H3/t21?,24?,25?,26?,27-,28-,29-/m0/s1. The molecule has 4 aliphatic rings. The van der Waals surface area contributed by atoms with Crippen molar-refractivity contribution >= 4 is 17.4 Å². The molecule has 32 heavy (non-hydrogen) atoms. The largest absolute Gasteiger partial charge is 0.390 e. The summed E-state index contributed by atoms with van der Waals surface area (Å²) in [5, 5.41) is 11.3. The predicted octanol–water partition coefficient (Wildman–Crippen LogP) is 7.86. The van der Waals surface area contributed by atoms with Gasteiger partial charge in [-0.05, 0) is 98.9 Å². The Morgan fingerprint density at radius 2 is 1.59 bits per heavy atom. The van der Waals surface area contributed by atoms with E-state index in [0.29, 0.717) is 23.5 Å². The van der Waals surface area contributed by atoms with Crippen LogP contribution in [0.4, 0.5) is 0 Å². The molecule has 0 aromatic heterocycles. The molecule has 7 atom stereocenters. The van der Waals surface area contributed by atoms with Gasteiger partial charge in [0.25, 0.3) is 0 Å². The highest BCUT2D eigenvalue weighted by atomic mass is 35.5. The van der Waals surface area contributed by atoms with Crippen molar-refractivity contribution in [3.63, 3.8) is 0 Å². The van der Waals surface area contributed by atoms with Crippen LogP contribution in [0.5, 0.6) is 0 Å². The van der Waals surface area contributed by atoms with Crippen LogP contribution in [0.25, 0.3) is 0 Å². The lowest BCUT2D eigenvalue weighted by Crippen LogP contribution is -2.56. The van der Waals surface area contributed by atoms with Crippen LogP contribution in [-0.4, -0.2) is 22.4 Å². The lowest BCUT2D eigenvalue weighted by atomic mass is 9.44. The van der Waals surface area contributed by atoms with E-state index in [0.717, 1.165) is 50.3 Å². The second-order valence-corrected chi connectivity index (χ2v) is 12.9. The van der Waals surface area contributed by atoms with Crippen LogP contribution < -0.4 is 0 Å². The van der Waals surface area contributed by atoms with E-state index in [9.17, 15) is 9.90 Å². The molecule has 0 aromatic carbocycles. The van der Waals surface area contributed by atoms with E-state index in [1.807, 2.05) is 0 Å². The van der Waals surface area contributed by atoms with Gasteiger partial charge in [-0.15, -0.1) is 11.6 Å². The normalized spacial score (nSPS) is 43.4. The first-order chi connectivity index (χ1) is 15.2. The number of carbonyl (C=O) groups excluding carboxylic acids is 1. The molecule has 3 fully saturated rings. The van der Waals surface area contributed by atoms with Gasteiger partial charge in [0, 0.05) is 12.3 Å². The lowest BCUT2D eigenvalue weighted by Gasteiger charge is -2.61. The molecule has 0 aliphatic heterocycles. The van der Waals surface area contributed by atoms with Crippen LogP contribution >= 0.6 is 11.6 Å². The second-order valence-electron chi connectivity index (χ2n) is 12.5. The summed E-state index contributed by atoms with van der Waals surface area (Å²) in [4.78, 5) is 12.3. The van der Waals surface area contributed by atoms with E-state index in [1.54, 1.807) is 0 Å². The molecule has 4 rings (SSSR count). The van der Waals surface area contributed by atoms with E-state index in [2.05, 4.69) is 26.8 Å². The Kier molecular flexibility index (Phi) is 7.53. The van der Waals surface area contributed by atoms with Gasteiger partial charge in [-0.1, -0.05) is 57.9 Å². The number of carbonyl (C=O) groups is 1. The van der Waals surface area contributed by atoms with Crippen molar-refractivity contribution < 1.29 is 9.90 Å². The third-order valence-corrected chi connectivity index (χ3v) is 11.2. The first-order valence-electron chi connectivity index (χ1n) is 13.8. The molecule has 0 aromatic rings. The molecule has 1 N–H and O–H groups in total. The molecular weight excluding hydrogens is 416 g/mol. The maximum Gasteiger partial charge on any atom is 0.155 e. The predicted molar refractivity (Wildman–Crippen MR) is 134 cm³/mol. The summed E-state index contributed by atoms with van der Waals surface area (Å²) in [5.74, 6) is 3.92. The highest BCUT2D eigenvalue weighted by molar-refractivity contribution is 6.17. The van der Waals surface area contributed by atoms with E-state index >= 15 is 0 Å². The van der Waals surface area contributed by atoms with E-state index in [-0.39, 0.29) is 10.8 Å². The van der Waals surface area contributed by atoms with Gasteiger partial charge >= 0.3 is 0 Å². The van der Waals surface area contributed by atoms with Crippen molar-refractivity contribution in [1.29, 1.82) is 0 Å². The lowest BCUT2D eigenvalue weighted by molar-refractivity contribution is -0.135. The van der Waals surface area contributed by atoms with Crippen LogP contribution in [0.1, 0.15) is 117 Å². The zero-order valence-corrected chi connectivity index (χ0v) is 21.7. The van der Waals surface area contributed by atoms with Gasteiger partial charge in [-0.25, -0.2) is 0 Å². The fourth-order valence-corrected chi connectivity index (χ4v) is 8.82. The van der Waals surface area contributed by atoms with Crippen LogP contribution in [-0.2, 0) is 4.79 Å². The number of unbranched alkanes of at least 4 members (excludes halogenated alkanes) is 6. The van der Waals surface area contributed by atoms with E-state index < -0.39 is 5.60 Å². The van der Waals surface area contributed by atoms with Gasteiger partial charge in [0.1, 0.15) is 0 Å². The molecule has 0 amide bonds.